The molecule has 0 amide bonds. The number of hydrogen-bond donors (Lipinski definition) is 1. The van der Waals surface area contributed by atoms with Gasteiger partial charge in [0.1, 0.15) is 0 Å². The fraction of sp³-hybridized carbons (Fsp3) is 0.438. The van der Waals surface area contributed by atoms with E-state index in [2.05, 4.69) is 27.8 Å². The molecule has 0 saturated carbocycles. The zero-order chi connectivity index (χ0) is 17.0. The maximum absolute atomic E-state index is 12.5. The maximum Gasteiger partial charge on any atom is 0.416 e. The van der Waals surface area contributed by atoms with Gasteiger partial charge in [-0.05, 0) is 58.8 Å². The van der Waals surface area contributed by atoms with Crippen LogP contribution in [-0.4, -0.2) is 10.1 Å². The van der Waals surface area contributed by atoms with Crippen molar-refractivity contribution in [2.45, 2.75) is 39.0 Å². The summed E-state index contributed by atoms with van der Waals surface area (Å²) in [4.78, 5) is 4.34. The van der Waals surface area contributed by atoms with Crippen molar-refractivity contribution in [3.05, 3.63) is 49.9 Å². The number of thiazole rings is 1. The molecule has 1 atom stereocenters. The molecule has 7 heteroatoms. The van der Waals surface area contributed by atoms with E-state index in [0.717, 1.165) is 45.8 Å². The topological polar surface area (TPSA) is 33.1 Å². The van der Waals surface area contributed by atoms with E-state index in [4.69, 9.17) is 5.11 Å². The van der Waals surface area contributed by atoms with Crippen molar-refractivity contribution in [3.63, 3.8) is 0 Å². The van der Waals surface area contributed by atoms with Crippen LogP contribution >= 0.6 is 27.3 Å². The Bertz CT molecular complexity index is 640. The number of aliphatic hydroxyl groups is 1. The van der Waals surface area contributed by atoms with Gasteiger partial charge in [0.25, 0.3) is 0 Å². The molecule has 0 radical (unpaired) electrons. The Hall–Kier alpha value is -0.920. The molecule has 1 aromatic carbocycles. The third-order valence-corrected chi connectivity index (χ3v) is 5.45. The van der Waals surface area contributed by atoms with Gasteiger partial charge in [-0.1, -0.05) is 19.1 Å². The molecule has 0 saturated heterocycles. The minimum Gasteiger partial charge on any atom is -0.390 e. The van der Waals surface area contributed by atoms with E-state index in [0.29, 0.717) is 11.6 Å². The second-order valence-corrected chi connectivity index (χ2v) is 7.93. The van der Waals surface area contributed by atoms with Gasteiger partial charge in [-0.3, -0.25) is 0 Å². The van der Waals surface area contributed by atoms with Crippen molar-refractivity contribution in [2.24, 2.45) is 5.92 Å². The molecule has 1 N–H and O–H groups in total. The molecule has 1 heterocycles. The molecule has 2 nitrogen and oxygen atoms in total. The second-order valence-electron chi connectivity index (χ2n) is 5.53. The van der Waals surface area contributed by atoms with Gasteiger partial charge in [-0.15, -0.1) is 11.3 Å². The fourth-order valence-corrected chi connectivity index (χ4v) is 3.87. The van der Waals surface area contributed by atoms with Crippen molar-refractivity contribution in [1.29, 1.82) is 0 Å². The Kier molecular flexibility index (Phi) is 6.22. The molecule has 2 aromatic rings. The van der Waals surface area contributed by atoms with E-state index in [1.165, 1.54) is 11.3 Å². The summed E-state index contributed by atoms with van der Waals surface area (Å²) in [5.74, 6) is 0.340. The SMILES string of the molecule is CC(CCc1nc(CO)c(Br)s1)Cc1ccc(C(F)(F)F)cc1. The summed E-state index contributed by atoms with van der Waals surface area (Å²) in [5, 5.41) is 10.1. The lowest BCUT2D eigenvalue weighted by Gasteiger charge is -2.12. The highest BCUT2D eigenvalue weighted by atomic mass is 79.9. The lowest BCUT2D eigenvalue weighted by atomic mass is 9.96. The van der Waals surface area contributed by atoms with Crippen molar-refractivity contribution >= 4 is 27.3 Å². The van der Waals surface area contributed by atoms with Gasteiger partial charge >= 0.3 is 6.18 Å². The van der Waals surface area contributed by atoms with E-state index in [1.54, 1.807) is 12.1 Å². The Morgan fingerprint density at radius 1 is 1.26 bits per heavy atom. The van der Waals surface area contributed by atoms with E-state index in [-0.39, 0.29) is 6.61 Å². The lowest BCUT2D eigenvalue weighted by Crippen LogP contribution is -2.06. The molecule has 2 rings (SSSR count). The first-order valence-corrected chi connectivity index (χ1v) is 8.81. The number of halogens is 4. The van der Waals surface area contributed by atoms with Crippen LogP contribution in [0.3, 0.4) is 0 Å². The van der Waals surface area contributed by atoms with E-state index < -0.39 is 11.7 Å². The average Bonchev–Trinajstić information content (AvgIpc) is 2.85. The molecule has 0 aliphatic carbocycles. The van der Waals surface area contributed by atoms with Gasteiger partial charge in [0.15, 0.2) is 0 Å². The summed E-state index contributed by atoms with van der Waals surface area (Å²) in [6, 6.07) is 5.35. The van der Waals surface area contributed by atoms with Crippen molar-refractivity contribution in [1.82, 2.24) is 4.98 Å². The van der Waals surface area contributed by atoms with Crippen LogP contribution < -0.4 is 0 Å². The highest BCUT2D eigenvalue weighted by molar-refractivity contribution is 9.11. The quantitative estimate of drug-likeness (QED) is 0.710. The summed E-state index contributed by atoms with van der Waals surface area (Å²) in [5.41, 5.74) is 0.945. The standard InChI is InChI=1S/C16H17BrF3NOS/c1-10(2-7-14-21-13(9-22)15(17)23-14)8-11-3-5-12(6-4-11)16(18,19)20/h3-6,10,22H,2,7-9H2,1H3. The molecular weight excluding hydrogens is 391 g/mol. The number of nitrogens with zero attached hydrogens (tertiary/aromatic N) is 1. The summed E-state index contributed by atoms with van der Waals surface area (Å²) in [7, 11) is 0. The third-order valence-electron chi connectivity index (χ3n) is 3.56. The van der Waals surface area contributed by atoms with Crippen LogP contribution in [0.1, 0.15) is 35.2 Å². The van der Waals surface area contributed by atoms with Gasteiger partial charge in [0.2, 0.25) is 0 Å². The molecule has 0 spiro atoms. The number of aromatic nitrogens is 1. The first kappa shape index (κ1) is 18.4. The first-order chi connectivity index (χ1) is 10.8. The maximum atomic E-state index is 12.5. The largest absolute Gasteiger partial charge is 0.416 e. The van der Waals surface area contributed by atoms with Crippen LogP contribution in [0.25, 0.3) is 0 Å². The summed E-state index contributed by atoms with van der Waals surface area (Å²) < 4.78 is 38.4. The van der Waals surface area contributed by atoms with Crippen LogP contribution in [0.4, 0.5) is 13.2 Å². The predicted molar refractivity (Wildman–Crippen MR) is 88.4 cm³/mol. The van der Waals surface area contributed by atoms with Crippen LogP contribution in [0.15, 0.2) is 28.1 Å². The first-order valence-electron chi connectivity index (χ1n) is 7.20. The van der Waals surface area contributed by atoms with Crippen molar-refractivity contribution in [3.8, 4) is 0 Å². The highest BCUT2D eigenvalue weighted by Gasteiger charge is 2.29. The summed E-state index contributed by atoms with van der Waals surface area (Å²) in [6.07, 6.45) is -1.86. The summed E-state index contributed by atoms with van der Waals surface area (Å²) in [6.45, 7) is 1.99. The van der Waals surface area contributed by atoms with Crippen LogP contribution in [-0.2, 0) is 25.6 Å². The Balaban J connectivity index is 1.88. The molecule has 0 aliphatic rings. The monoisotopic (exact) mass is 407 g/mol. The van der Waals surface area contributed by atoms with Gasteiger partial charge in [-0.25, -0.2) is 4.98 Å². The fourth-order valence-electron chi connectivity index (χ4n) is 2.29. The Morgan fingerprint density at radius 3 is 2.43 bits per heavy atom. The molecule has 23 heavy (non-hydrogen) atoms. The highest BCUT2D eigenvalue weighted by Crippen LogP contribution is 2.30. The van der Waals surface area contributed by atoms with Crippen molar-refractivity contribution < 1.29 is 18.3 Å². The molecule has 0 fully saturated rings. The van der Waals surface area contributed by atoms with Gasteiger partial charge in [0.05, 0.1) is 26.7 Å². The minimum absolute atomic E-state index is 0.0851. The molecule has 1 unspecified atom stereocenters. The van der Waals surface area contributed by atoms with Crippen molar-refractivity contribution in [2.75, 3.05) is 0 Å². The van der Waals surface area contributed by atoms with Gasteiger partial charge < -0.3 is 5.11 Å². The number of aliphatic hydroxyl groups excluding tert-OH is 1. The zero-order valence-corrected chi connectivity index (χ0v) is 14.9. The lowest BCUT2D eigenvalue weighted by molar-refractivity contribution is -0.137. The minimum atomic E-state index is -4.28. The number of rotatable bonds is 6. The molecule has 1 aromatic heterocycles. The van der Waals surface area contributed by atoms with Crippen LogP contribution in [0.2, 0.25) is 0 Å². The van der Waals surface area contributed by atoms with Crippen LogP contribution in [0.5, 0.6) is 0 Å². The van der Waals surface area contributed by atoms with Crippen LogP contribution in [0, 0.1) is 5.92 Å². The van der Waals surface area contributed by atoms with Gasteiger partial charge in [0, 0.05) is 0 Å². The van der Waals surface area contributed by atoms with E-state index >= 15 is 0 Å². The molecule has 0 bridgehead atoms. The third kappa shape index (κ3) is 5.29. The molecule has 0 aliphatic heterocycles. The average molecular weight is 408 g/mol. The summed E-state index contributed by atoms with van der Waals surface area (Å²) >= 11 is 4.88. The van der Waals surface area contributed by atoms with Gasteiger partial charge in [-0.2, -0.15) is 13.2 Å². The Labute approximate surface area is 145 Å². The molecule has 126 valence electrons. The zero-order valence-electron chi connectivity index (χ0n) is 12.5. The Morgan fingerprint density at radius 2 is 1.91 bits per heavy atom. The van der Waals surface area contributed by atoms with E-state index in [9.17, 15) is 13.2 Å². The predicted octanol–water partition coefficient (Wildman–Crippen LogP) is 5.23. The number of hydrogen-bond acceptors (Lipinski definition) is 3. The second kappa shape index (κ2) is 7.77. The molecular formula is C16H17BrF3NOS. The van der Waals surface area contributed by atoms with E-state index in [1.807, 2.05) is 0 Å². The normalized spacial score (nSPS) is 13.3. The number of benzene rings is 1. The number of aryl methyl sites for hydroxylation is 1. The smallest absolute Gasteiger partial charge is 0.390 e. The number of alkyl halides is 3.